The fourth-order valence-electron chi connectivity index (χ4n) is 5.36. The predicted molar refractivity (Wildman–Crippen MR) is 140 cm³/mol. The Labute approximate surface area is 213 Å². The van der Waals surface area contributed by atoms with E-state index >= 15 is 0 Å². The minimum absolute atomic E-state index is 0.372. The molecule has 0 radical (unpaired) electrons. The molecule has 0 unspecified atom stereocenters. The number of esters is 1. The fourth-order valence-corrected chi connectivity index (χ4v) is 5.36. The second-order valence-corrected chi connectivity index (χ2v) is 10.3. The van der Waals surface area contributed by atoms with Gasteiger partial charge in [-0.05, 0) is 83.7 Å². The average molecular weight is 492 g/mol. The molecule has 5 heteroatoms. The van der Waals surface area contributed by atoms with Crippen molar-refractivity contribution in [2.75, 3.05) is 13.7 Å². The molecule has 4 rings (SSSR count). The summed E-state index contributed by atoms with van der Waals surface area (Å²) in [6.07, 6.45) is 4.78. The van der Waals surface area contributed by atoms with Crippen LogP contribution in [0.15, 0.2) is 60.7 Å². The number of hydrogen-bond acceptors (Lipinski definition) is 3. The molecule has 0 aliphatic heterocycles. The number of aryl methyl sites for hydroxylation is 1. The molecule has 1 saturated carbocycles. The summed E-state index contributed by atoms with van der Waals surface area (Å²) >= 11 is 0. The van der Waals surface area contributed by atoms with Gasteiger partial charge in [-0.1, -0.05) is 50.1 Å². The highest BCUT2D eigenvalue weighted by Crippen LogP contribution is 2.32. The quantitative estimate of drug-likeness (QED) is 0.305. The third kappa shape index (κ3) is 6.58. The van der Waals surface area contributed by atoms with E-state index in [0.29, 0.717) is 30.1 Å². The van der Waals surface area contributed by atoms with Gasteiger partial charge < -0.3 is 4.74 Å². The molecular weight excluding hydrogens is 456 g/mol. The van der Waals surface area contributed by atoms with Crippen molar-refractivity contribution in [3.63, 3.8) is 0 Å². The molecule has 1 fully saturated rings. The third-order valence-corrected chi connectivity index (χ3v) is 7.31. The predicted octanol–water partition coefficient (Wildman–Crippen LogP) is 7.56. The molecular formula is C31H35F2NO2. The molecule has 0 spiro atoms. The maximum Gasteiger partial charge on any atom is 0.338 e. The summed E-state index contributed by atoms with van der Waals surface area (Å²) in [4.78, 5) is 14.8. The highest BCUT2D eigenvalue weighted by Gasteiger charge is 2.22. The smallest absolute Gasteiger partial charge is 0.338 e. The lowest BCUT2D eigenvalue weighted by Crippen LogP contribution is -2.31. The summed E-state index contributed by atoms with van der Waals surface area (Å²) in [6.45, 7) is 6.27. The standard InChI is InChI=1S/C31H35F2NO2/c1-21-8-10-23(11-9-21)18-34(20-25-14-26(32)17-27(33)15-25)19-24-12-13-29(31(35)36-3)30(16-24)28-7-5-4-6-22(28)2/h4-7,12-17,21,23H,8-11,18-20H2,1-3H3. The first kappa shape index (κ1) is 26.0. The van der Waals surface area contributed by atoms with Crippen molar-refractivity contribution >= 4 is 5.97 Å². The zero-order valence-corrected chi connectivity index (χ0v) is 21.4. The number of methoxy groups -OCH3 is 1. The van der Waals surface area contributed by atoms with Crippen molar-refractivity contribution in [1.29, 1.82) is 0 Å². The molecule has 0 amide bonds. The Kier molecular flexibility index (Phi) is 8.52. The maximum atomic E-state index is 13.9. The number of nitrogens with zero attached hydrogens (tertiary/aromatic N) is 1. The van der Waals surface area contributed by atoms with E-state index in [1.54, 1.807) is 0 Å². The Morgan fingerprint density at radius 3 is 2.22 bits per heavy atom. The van der Waals surface area contributed by atoms with Crippen LogP contribution in [-0.4, -0.2) is 24.5 Å². The molecule has 190 valence electrons. The number of hydrogen-bond donors (Lipinski definition) is 0. The molecule has 0 bridgehead atoms. The van der Waals surface area contributed by atoms with E-state index in [1.165, 1.54) is 44.9 Å². The molecule has 36 heavy (non-hydrogen) atoms. The van der Waals surface area contributed by atoms with Gasteiger partial charge in [0.05, 0.1) is 12.7 Å². The van der Waals surface area contributed by atoms with E-state index in [0.717, 1.165) is 40.8 Å². The zero-order chi connectivity index (χ0) is 25.7. The van der Waals surface area contributed by atoms with E-state index in [-0.39, 0.29) is 5.97 Å². The number of carbonyl (C=O) groups excluding carboxylic acids is 1. The number of ether oxygens (including phenoxy) is 1. The van der Waals surface area contributed by atoms with E-state index in [4.69, 9.17) is 4.74 Å². The Balaban J connectivity index is 1.65. The Morgan fingerprint density at radius 1 is 0.889 bits per heavy atom. The Hall–Kier alpha value is -3.05. The number of halogens is 2. The topological polar surface area (TPSA) is 29.5 Å². The van der Waals surface area contributed by atoms with Gasteiger partial charge in [0.15, 0.2) is 0 Å². The van der Waals surface area contributed by atoms with Crippen LogP contribution in [-0.2, 0) is 17.8 Å². The van der Waals surface area contributed by atoms with Gasteiger partial charge in [-0.15, -0.1) is 0 Å². The van der Waals surface area contributed by atoms with Crippen molar-refractivity contribution in [2.45, 2.75) is 52.6 Å². The van der Waals surface area contributed by atoms with Gasteiger partial charge in [-0.25, -0.2) is 13.6 Å². The highest BCUT2D eigenvalue weighted by atomic mass is 19.1. The summed E-state index contributed by atoms with van der Waals surface area (Å²) in [5.74, 6) is -0.163. The van der Waals surface area contributed by atoms with Gasteiger partial charge >= 0.3 is 5.97 Å². The molecule has 3 nitrogen and oxygen atoms in total. The molecule has 0 aromatic heterocycles. The SMILES string of the molecule is COC(=O)c1ccc(CN(Cc2cc(F)cc(F)c2)CC2CCC(C)CC2)cc1-c1ccccc1C. The third-order valence-electron chi connectivity index (χ3n) is 7.31. The second kappa shape index (κ2) is 11.8. The largest absolute Gasteiger partial charge is 0.465 e. The lowest BCUT2D eigenvalue weighted by atomic mass is 9.82. The normalized spacial score (nSPS) is 17.8. The van der Waals surface area contributed by atoms with Crippen LogP contribution in [0.1, 0.15) is 59.7 Å². The summed E-state index contributed by atoms with van der Waals surface area (Å²) in [7, 11) is 1.39. The van der Waals surface area contributed by atoms with E-state index in [9.17, 15) is 13.6 Å². The summed E-state index contributed by atoms with van der Waals surface area (Å²) in [6, 6.07) is 17.6. The summed E-state index contributed by atoms with van der Waals surface area (Å²) < 4.78 is 32.9. The van der Waals surface area contributed by atoms with Crippen molar-refractivity contribution < 1.29 is 18.3 Å². The van der Waals surface area contributed by atoms with Gasteiger partial charge in [0.1, 0.15) is 11.6 Å². The Bertz CT molecular complexity index is 1180. The number of rotatable bonds is 8. The number of carbonyl (C=O) groups is 1. The molecule has 0 heterocycles. The first-order chi connectivity index (χ1) is 17.3. The maximum absolute atomic E-state index is 13.9. The van der Waals surface area contributed by atoms with Crippen molar-refractivity contribution in [2.24, 2.45) is 11.8 Å². The second-order valence-electron chi connectivity index (χ2n) is 10.3. The van der Waals surface area contributed by atoms with Crippen LogP contribution in [0.4, 0.5) is 8.78 Å². The van der Waals surface area contributed by atoms with Gasteiger partial charge in [-0.3, -0.25) is 4.90 Å². The van der Waals surface area contributed by atoms with Gasteiger partial charge in [0, 0.05) is 25.7 Å². The molecule has 3 aromatic rings. The highest BCUT2D eigenvalue weighted by molar-refractivity contribution is 5.97. The monoisotopic (exact) mass is 491 g/mol. The lowest BCUT2D eigenvalue weighted by molar-refractivity contribution is 0.0601. The van der Waals surface area contributed by atoms with Crippen LogP contribution in [0.25, 0.3) is 11.1 Å². The number of benzene rings is 3. The zero-order valence-electron chi connectivity index (χ0n) is 21.4. The molecule has 3 aromatic carbocycles. The summed E-state index contributed by atoms with van der Waals surface area (Å²) in [5.41, 5.74) is 5.09. The first-order valence-corrected chi connectivity index (χ1v) is 12.8. The van der Waals surface area contributed by atoms with E-state index < -0.39 is 11.6 Å². The molecule has 1 aliphatic rings. The first-order valence-electron chi connectivity index (χ1n) is 12.8. The summed E-state index contributed by atoms with van der Waals surface area (Å²) in [5, 5.41) is 0. The van der Waals surface area contributed by atoms with Crippen LogP contribution in [0.5, 0.6) is 0 Å². The molecule has 0 atom stereocenters. The van der Waals surface area contributed by atoms with Gasteiger partial charge in [-0.2, -0.15) is 0 Å². The van der Waals surface area contributed by atoms with Gasteiger partial charge in [0.25, 0.3) is 0 Å². The Morgan fingerprint density at radius 2 is 1.56 bits per heavy atom. The van der Waals surface area contributed by atoms with Crippen molar-refractivity contribution in [3.8, 4) is 11.1 Å². The van der Waals surface area contributed by atoms with Crippen LogP contribution in [0, 0.1) is 30.4 Å². The van der Waals surface area contributed by atoms with E-state index in [2.05, 4.69) is 17.9 Å². The minimum Gasteiger partial charge on any atom is -0.465 e. The average Bonchev–Trinajstić information content (AvgIpc) is 2.84. The van der Waals surface area contributed by atoms with Crippen LogP contribution in [0.2, 0.25) is 0 Å². The molecule has 0 N–H and O–H groups in total. The van der Waals surface area contributed by atoms with Crippen molar-refractivity contribution in [3.05, 3.63) is 94.6 Å². The van der Waals surface area contributed by atoms with Crippen molar-refractivity contribution in [1.82, 2.24) is 4.90 Å². The molecule has 0 saturated heterocycles. The van der Waals surface area contributed by atoms with Crippen LogP contribution < -0.4 is 0 Å². The fraction of sp³-hybridized carbons (Fsp3) is 0.387. The van der Waals surface area contributed by atoms with Gasteiger partial charge in [0.2, 0.25) is 0 Å². The minimum atomic E-state index is -0.555. The van der Waals surface area contributed by atoms with E-state index in [1.807, 2.05) is 43.3 Å². The van der Waals surface area contributed by atoms with Crippen LogP contribution in [0.3, 0.4) is 0 Å². The molecule has 1 aliphatic carbocycles. The lowest BCUT2D eigenvalue weighted by Gasteiger charge is -2.32. The van der Waals surface area contributed by atoms with Crippen LogP contribution >= 0.6 is 0 Å².